The van der Waals surface area contributed by atoms with Gasteiger partial charge in [0, 0.05) is 0 Å². The van der Waals surface area contributed by atoms with Gasteiger partial charge in [0.15, 0.2) is 0 Å². The second kappa shape index (κ2) is 4.76. The number of hydrogen-bond donors (Lipinski definition) is 2. The molecule has 7 heteroatoms. The topological polar surface area (TPSA) is 113 Å². The molecule has 1 amide bonds. The van der Waals surface area contributed by atoms with E-state index >= 15 is 0 Å². The molecule has 6 nitrogen and oxygen atoms in total. The van der Waals surface area contributed by atoms with Crippen LogP contribution in [-0.2, 0) is 14.8 Å². The third-order valence-corrected chi connectivity index (χ3v) is 3.93. The molecule has 0 saturated carbocycles. The molecular weight excluding hydrogens is 254 g/mol. The van der Waals surface area contributed by atoms with Crippen LogP contribution in [0.4, 0.5) is 0 Å². The fourth-order valence-electron chi connectivity index (χ4n) is 1.18. The van der Waals surface area contributed by atoms with Crippen molar-refractivity contribution in [1.82, 2.24) is 4.72 Å². The number of nitrogens with two attached hydrogens (primary N) is 1. The first kappa shape index (κ1) is 14.2. The molecule has 0 aliphatic carbocycles. The van der Waals surface area contributed by atoms with E-state index in [0.717, 1.165) is 0 Å². The largest absolute Gasteiger partial charge is 0.368 e. The fraction of sp³-hybridized carbons (Fsp3) is 0.273. The monoisotopic (exact) mass is 267 g/mol. The molecule has 0 heterocycles. The van der Waals surface area contributed by atoms with E-state index < -0.39 is 21.5 Å². The predicted molar refractivity (Wildman–Crippen MR) is 64.8 cm³/mol. The zero-order valence-electron chi connectivity index (χ0n) is 9.97. The molecule has 0 fully saturated rings. The third kappa shape index (κ3) is 3.06. The van der Waals surface area contributed by atoms with Gasteiger partial charge in [-0.05, 0) is 32.0 Å². The van der Waals surface area contributed by atoms with Gasteiger partial charge in [0.2, 0.25) is 15.9 Å². The quantitative estimate of drug-likeness (QED) is 0.805. The Bertz CT molecular complexity index is 615. The number of nitrogens with zero attached hydrogens (tertiary/aromatic N) is 1. The van der Waals surface area contributed by atoms with E-state index in [1.54, 1.807) is 0 Å². The zero-order valence-corrected chi connectivity index (χ0v) is 10.8. The number of sulfonamides is 1. The second-order valence-corrected chi connectivity index (χ2v) is 5.92. The minimum atomic E-state index is -3.90. The smallest absolute Gasteiger partial charge is 0.241 e. The van der Waals surface area contributed by atoms with E-state index in [1.807, 2.05) is 6.07 Å². The average Bonchev–Trinajstić information content (AvgIpc) is 2.27. The van der Waals surface area contributed by atoms with Crippen molar-refractivity contribution >= 4 is 15.9 Å². The highest BCUT2D eigenvalue weighted by atomic mass is 32.2. The summed E-state index contributed by atoms with van der Waals surface area (Å²) in [6, 6.07) is 7.33. The zero-order chi connectivity index (χ0) is 14.0. The molecule has 0 aliphatic heterocycles. The molecule has 3 N–H and O–H groups in total. The summed E-state index contributed by atoms with van der Waals surface area (Å²) < 4.78 is 26.2. The first-order valence-electron chi connectivity index (χ1n) is 5.03. The predicted octanol–water partition coefficient (Wildman–Crippen LogP) is 0.100. The fourth-order valence-corrected chi connectivity index (χ4v) is 2.61. The molecule has 0 unspecified atom stereocenters. The number of amides is 1. The number of rotatable bonds is 4. The molecule has 1 aromatic carbocycles. The number of primary amides is 1. The van der Waals surface area contributed by atoms with Gasteiger partial charge in [-0.1, -0.05) is 6.07 Å². The van der Waals surface area contributed by atoms with Crippen LogP contribution in [0.2, 0.25) is 0 Å². The lowest BCUT2D eigenvalue weighted by Gasteiger charge is -2.21. The van der Waals surface area contributed by atoms with Crippen molar-refractivity contribution in [3.8, 4) is 6.07 Å². The number of benzene rings is 1. The van der Waals surface area contributed by atoms with Crippen molar-refractivity contribution < 1.29 is 13.2 Å². The molecule has 18 heavy (non-hydrogen) atoms. The van der Waals surface area contributed by atoms with E-state index in [0.29, 0.717) is 0 Å². The van der Waals surface area contributed by atoms with Gasteiger partial charge in [-0.15, -0.1) is 0 Å². The summed E-state index contributed by atoms with van der Waals surface area (Å²) in [6.45, 7) is 2.72. The summed E-state index contributed by atoms with van der Waals surface area (Å²) in [5.74, 6) is -0.789. The lowest BCUT2D eigenvalue weighted by Crippen LogP contribution is -2.52. The average molecular weight is 267 g/mol. The molecule has 0 radical (unpaired) electrons. The highest BCUT2D eigenvalue weighted by Gasteiger charge is 2.31. The molecule has 0 saturated heterocycles. The molecule has 96 valence electrons. The normalized spacial score (nSPS) is 11.8. The van der Waals surface area contributed by atoms with Crippen molar-refractivity contribution in [3.05, 3.63) is 29.8 Å². The summed E-state index contributed by atoms with van der Waals surface area (Å²) in [5, 5.41) is 8.71. The Balaban J connectivity index is 3.16. The van der Waals surface area contributed by atoms with Crippen LogP contribution in [0.15, 0.2) is 29.2 Å². The van der Waals surface area contributed by atoms with Crippen LogP contribution in [0.3, 0.4) is 0 Å². The molecule has 0 aliphatic rings. The van der Waals surface area contributed by atoms with Gasteiger partial charge in [-0.2, -0.15) is 9.98 Å². The van der Waals surface area contributed by atoms with Gasteiger partial charge in [0.05, 0.1) is 16.5 Å². The van der Waals surface area contributed by atoms with Crippen LogP contribution in [0.5, 0.6) is 0 Å². The molecular formula is C11H13N3O3S. The lowest BCUT2D eigenvalue weighted by atomic mass is 10.1. The Morgan fingerprint density at radius 3 is 2.56 bits per heavy atom. The van der Waals surface area contributed by atoms with Crippen molar-refractivity contribution in [2.75, 3.05) is 0 Å². The van der Waals surface area contributed by atoms with Crippen molar-refractivity contribution in [1.29, 1.82) is 5.26 Å². The molecule has 0 spiro atoms. The number of nitriles is 1. The van der Waals surface area contributed by atoms with Gasteiger partial charge in [0.1, 0.15) is 5.54 Å². The summed E-state index contributed by atoms with van der Waals surface area (Å²) in [5.41, 5.74) is 3.91. The Morgan fingerprint density at radius 2 is 2.06 bits per heavy atom. The van der Waals surface area contributed by atoms with Crippen molar-refractivity contribution in [3.63, 3.8) is 0 Å². The first-order chi connectivity index (χ1) is 8.19. The van der Waals surface area contributed by atoms with Crippen LogP contribution in [0.1, 0.15) is 19.4 Å². The highest BCUT2D eigenvalue weighted by Crippen LogP contribution is 2.14. The lowest BCUT2D eigenvalue weighted by molar-refractivity contribution is -0.122. The van der Waals surface area contributed by atoms with Crippen LogP contribution in [0, 0.1) is 11.3 Å². The number of carbonyl (C=O) groups is 1. The van der Waals surface area contributed by atoms with E-state index in [-0.39, 0.29) is 10.5 Å². The summed E-state index contributed by atoms with van der Waals surface area (Å²) in [4.78, 5) is 11.0. The van der Waals surface area contributed by atoms with Crippen LogP contribution in [0.25, 0.3) is 0 Å². The standard InChI is InChI=1S/C11H13N3O3S/c1-11(2,10(13)15)14-18(16,17)9-5-3-4-8(6-9)7-12/h3-6,14H,1-2H3,(H2,13,15). The number of nitrogens with one attached hydrogen (secondary N) is 1. The third-order valence-electron chi connectivity index (χ3n) is 2.28. The van der Waals surface area contributed by atoms with Crippen LogP contribution in [-0.4, -0.2) is 19.9 Å². The van der Waals surface area contributed by atoms with Gasteiger partial charge in [-0.3, -0.25) is 4.79 Å². The maximum atomic E-state index is 12.0. The molecule has 0 aromatic heterocycles. The number of carbonyl (C=O) groups excluding carboxylic acids is 1. The summed E-state index contributed by atoms with van der Waals surface area (Å²) in [7, 11) is -3.90. The molecule has 0 atom stereocenters. The Labute approximate surface area is 105 Å². The number of hydrogen-bond acceptors (Lipinski definition) is 4. The van der Waals surface area contributed by atoms with Gasteiger partial charge >= 0.3 is 0 Å². The highest BCUT2D eigenvalue weighted by molar-refractivity contribution is 7.89. The summed E-state index contributed by atoms with van der Waals surface area (Å²) in [6.07, 6.45) is 0. The SMILES string of the molecule is CC(C)(NS(=O)(=O)c1cccc(C#N)c1)C(N)=O. The van der Waals surface area contributed by atoms with Gasteiger partial charge in [-0.25, -0.2) is 8.42 Å². The van der Waals surface area contributed by atoms with Gasteiger partial charge < -0.3 is 5.73 Å². The van der Waals surface area contributed by atoms with E-state index in [9.17, 15) is 13.2 Å². The van der Waals surface area contributed by atoms with Crippen LogP contribution < -0.4 is 10.5 Å². The first-order valence-corrected chi connectivity index (χ1v) is 6.51. The minimum absolute atomic E-state index is 0.0872. The minimum Gasteiger partial charge on any atom is -0.368 e. The van der Waals surface area contributed by atoms with Crippen LogP contribution >= 0.6 is 0 Å². The Hall–Kier alpha value is -1.91. The van der Waals surface area contributed by atoms with Crippen molar-refractivity contribution in [2.24, 2.45) is 5.73 Å². The maximum absolute atomic E-state index is 12.0. The second-order valence-electron chi connectivity index (χ2n) is 4.23. The molecule has 0 bridgehead atoms. The van der Waals surface area contributed by atoms with Gasteiger partial charge in [0.25, 0.3) is 0 Å². The maximum Gasteiger partial charge on any atom is 0.241 e. The van der Waals surface area contributed by atoms with E-state index in [2.05, 4.69) is 4.72 Å². The Morgan fingerprint density at radius 1 is 1.44 bits per heavy atom. The van der Waals surface area contributed by atoms with E-state index in [4.69, 9.17) is 11.0 Å². The summed E-state index contributed by atoms with van der Waals surface area (Å²) >= 11 is 0. The Kier molecular flexibility index (Phi) is 3.74. The van der Waals surface area contributed by atoms with E-state index in [1.165, 1.54) is 38.1 Å². The molecule has 1 rings (SSSR count). The van der Waals surface area contributed by atoms with Crippen molar-refractivity contribution in [2.45, 2.75) is 24.3 Å². The molecule has 1 aromatic rings.